The van der Waals surface area contributed by atoms with E-state index >= 15 is 0 Å². The van der Waals surface area contributed by atoms with Crippen LogP contribution in [0.5, 0.6) is 5.75 Å². The number of nitrogens with one attached hydrogen (secondary N) is 1. The summed E-state index contributed by atoms with van der Waals surface area (Å²) in [7, 11) is 1.63. The van der Waals surface area contributed by atoms with Gasteiger partial charge in [-0.1, -0.05) is 12.1 Å². The summed E-state index contributed by atoms with van der Waals surface area (Å²) in [6.45, 7) is 3.94. The number of hydrogen-bond donors (Lipinski definition) is 3. The molecule has 0 spiro atoms. The fraction of sp³-hybridized carbons (Fsp3) is 0.417. The van der Waals surface area contributed by atoms with Crippen LogP contribution in [0.2, 0.25) is 0 Å². The molecular weight excluding hydrogens is 218 g/mol. The van der Waals surface area contributed by atoms with Gasteiger partial charge in [-0.3, -0.25) is 0 Å². The van der Waals surface area contributed by atoms with Gasteiger partial charge in [-0.2, -0.15) is 0 Å². The molecule has 0 amide bonds. The Balaban J connectivity index is 2.87. The van der Waals surface area contributed by atoms with Gasteiger partial charge in [0.05, 0.1) is 13.2 Å². The first-order valence-corrected chi connectivity index (χ1v) is 5.51. The van der Waals surface area contributed by atoms with Gasteiger partial charge >= 0.3 is 0 Å². The molecule has 0 aliphatic heterocycles. The van der Waals surface area contributed by atoms with Crippen molar-refractivity contribution in [2.24, 2.45) is 10.9 Å². The zero-order valence-corrected chi connectivity index (χ0v) is 10.4. The number of anilines is 1. The van der Waals surface area contributed by atoms with Crippen LogP contribution in [0.15, 0.2) is 23.4 Å². The molecule has 5 heteroatoms. The second-order valence-electron chi connectivity index (χ2n) is 3.81. The number of nitrogens with two attached hydrogens (primary N) is 1. The molecule has 5 nitrogen and oxygen atoms in total. The zero-order valence-electron chi connectivity index (χ0n) is 10.4. The molecule has 1 unspecified atom stereocenters. The van der Waals surface area contributed by atoms with E-state index in [1.807, 2.05) is 32.0 Å². The molecule has 1 aromatic rings. The van der Waals surface area contributed by atoms with Gasteiger partial charge in [-0.05, 0) is 37.1 Å². The van der Waals surface area contributed by atoms with Gasteiger partial charge in [0.2, 0.25) is 0 Å². The molecule has 0 bridgehead atoms. The number of rotatable bonds is 5. The topological polar surface area (TPSA) is 79.9 Å². The van der Waals surface area contributed by atoms with Crippen molar-refractivity contribution in [2.75, 3.05) is 12.4 Å². The van der Waals surface area contributed by atoms with Gasteiger partial charge < -0.3 is 21.0 Å². The molecule has 0 aliphatic carbocycles. The Bertz CT molecular complexity index is 405. The minimum atomic E-state index is -0.174. The molecule has 0 aliphatic rings. The van der Waals surface area contributed by atoms with Crippen LogP contribution in [-0.2, 0) is 0 Å². The quantitative estimate of drug-likeness (QED) is 0.316. The molecule has 0 radical (unpaired) electrons. The van der Waals surface area contributed by atoms with Gasteiger partial charge in [0.1, 0.15) is 5.75 Å². The predicted molar refractivity (Wildman–Crippen MR) is 68.8 cm³/mol. The number of ether oxygens (including phenoxy) is 1. The monoisotopic (exact) mass is 237 g/mol. The molecule has 1 rings (SSSR count). The first-order chi connectivity index (χ1) is 8.12. The Hall–Kier alpha value is -1.91. The normalized spacial score (nSPS) is 13.2. The average molecular weight is 237 g/mol. The van der Waals surface area contributed by atoms with Crippen LogP contribution >= 0.6 is 0 Å². The van der Waals surface area contributed by atoms with Crippen LogP contribution in [0, 0.1) is 6.92 Å². The van der Waals surface area contributed by atoms with Gasteiger partial charge in [-0.15, -0.1) is 0 Å². The average Bonchev–Trinajstić information content (AvgIpc) is 2.36. The summed E-state index contributed by atoms with van der Waals surface area (Å²) in [6.07, 6.45) is 0.737. The first-order valence-electron chi connectivity index (χ1n) is 5.51. The molecular formula is C12H19N3O2. The van der Waals surface area contributed by atoms with Crippen molar-refractivity contribution in [3.8, 4) is 5.75 Å². The van der Waals surface area contributed by atoms with E-state index in [2.05, 4.69) is 10.5 Å². The molecule has 94 valence electrons. The second kappa shape index (κ2) is 5.98. The highest BCUT2D eigenvalue weighted by Gasteiger charge is 2.12. The van der Waals surface area contributed by atoms with Crippen LogP contribution in [0.1, 0.15) is 18.9 Å². The standard InChI is InChI=1S/C12H19N3O2/c1-4-10(12(13)15-16)14-11-6-5-9(17-3)7-8(11)2/h5-7,10,14,16H,4H2,1-3H3,(H2,13,15). The molecule has 0 fully saturated rings. The van der Waals surface area contributed by atoms with E-state index in [0.717, 1.165) is 23.4 Å². The third-order valence-electron chi connectivity index (χ3n) is 2.64. The van der Waals surface area contributed by atoms with Crippen molar-refractivity contribution >= 4 is 11.5 Å². The predicted octanol–water partition coefficient (Wildman–Crippen LogP) is 1.94. The van der Waals surface area contributed by atoms with E-state index in [1.54, 1.807) is 7.11 Å². The molecule has 0 heterocycles. The minimum absolute atomic E-state index is 0.174. The van der Waals surface area contributed by atoms with Gasteiger partial charge in [0.25, 0.3) is 0 Å². The Labute approximate surface area is 101 Å². The number of amidine groups is 1. The molecule has 0 saturated carbocycles. The summed E-state index contributed by atoms with van der Waals surface area (Å²) < 4.78 is 5.13. The lowest BCUT2D eigenvalue weighted by molar-refractivity contribution is 0.316. The SMILES string of the molecule is CCC(Nc1ccc(OC)cc1C)C(N)=NO. The van der Waals surface area contributed by atoms with Crippen LogP contribution in [0.4, 0.5) is 5.69 Å². The van der Waals surface area contributed by atoms with Crippen molar-refractivity contribution in [1.82, 2.24) is 0 Å². The number of benzene rings is 1. The fourth-order valence-electron chi connectivity index (χ4n) is 1.57. The molecule has 0 aromatic heterocycles. The summed E-state index contributed by atoms with van der Waals surface area (Å²) in [5.74, 6) is 0.993. The van der Waals surface area contributed by atoms with Crippen molar-refractivity contribution in [2.45, 2.75) is 26.3 Å². The Kier molecular flexibility index (Phi) is 4.63. The Morgan fingerprint density at radius 3 is 2.76 bits per heavy atom. The third kappa shape index (κ3) is 3.27. The van der Waals surface area contributed by atoms with E-state index in [1.165, 1.54) is 0 Å². The number of hydrogen-bond acceptors (Lipinski definition) is 4. The third-order valence-corrected chi connectivity index (χ3v) is 2.64. The van der Waals surface area contributed by atoms with E-state index < -0.39 is 0 Å². The minimum Gasteiger partial charge on any atom is -0.497 e. The zero-order chi connectivity index (χ0) is 12.8. The lowest BCUT2D eigenvalue weighted by Gasteiger charge is -2.18. The van der Waals surface area contributed by atoms with E-state index in [-0.39, 0.29) is 11.9 Å². The van der Waals surface area contributed by atoms with Gasteiger partial charge in [0.15, 0.2) is 5.84 Å². The Morgan fingerprint density at radius 1 is 1.59 bits per heavy atom. The van der Waals surface area contributed by atoms with Crippen molar-refractivity contribution in [3.05, 3.63) is 23.8 Å². The number of oxime groups is 1. The highest BCUT2D eigenvalue weighted by molar-refractivity contribution is 5.88. The molecule has 1 aromatic carbocycles. The maximum absolute atomic E-state index is 8.67. The van der Waals surface area contributed by atoms with Crippen LogP contribution in [0.25, 0.3) is 0 Å². The van der Waals surface area contributed by atoms with E-state index in [9.17, 15) is 0 Å². The van der Waals surface area contributed by atoms with Crippen LogP contribution < -0.4 is 15.8 Å². The maximum Gasteiger partial charge on any atom is 0.161 e. The number of nitrogens with zero attached hydrogens (tertiary/aromatic N) is 1. The molecule has 0 saturated heterocycles. The van der Waals surface area contributed by atoms with Crippen molar-refractivity contribution in [3.63, 3.8) is 0 Å². The summed E-state index contributed by atoms with van der Waals surface area (Å²) in [5.41, 5.74) is 7.59. The second-order valence-corrected chi connectivity index (χ2v) is 3.81. The number of aryl methyl sites for hydroxylation is 1. The summed E-state index contributed by atoms with van der Waals surface area (Å²) in [4.78, 5) is 0. The van der Waals surface area contributed by atoms with E-state index in [0.29, 0.717) is 0 Å². The Morgan fingerprint density at radius 2 is 2.29 bits per heavy atom. The maximum atomic E-state index is 8.67. The van der Waals surface area contributed by atoms with Crippen LogP contribution in [-0.4, -0.2) is 24.2 Å². The molecule has 17 heavy (non-hydrogen) atoms. The largest absolute Gasteiger partial charge is 0.497 e. The van der Waals surface area contributed by atoms with Gasteiger partial charge in [-0.25, -0.2) is 0 Å². The van der Waals surface area contributed by atoms with Crippen molar-refractivity contribution < 1.29 is 9.94 Å². The highest BCUT2D eigenvalue weighted by atomic mass is 16.5. The smallest absolute Gasteiger partial charge is 0.161 e. The number of methoxy groups -OCH3 is 1. The first kappa shape index (κ1) is 13.2. The summed E-state index contributed by atoms with van der Waals surface area (Å²) in [5, 5.41) is 14.9. The van der Waals surface area contributed by atoms with Gasteiger partial charge in [0, 0.05) is 5.69 Å². The highest BCUT2D eigenvalue weighted by Crippen LogP contribution is 2.22. The van der Waals surface area contributed by atoms with E-state index in [4.69, 9.17) is 15.7 Å². The summed E-state index contributed by atoms with van der Waals surface area (Å²) >= 11 is 0. The molecule has 1 atom stereocenters. The van der Waals surface area contributed by atoms with Crippen molar-refractivity contribution in [1.29, 1.82) is 0 Å². The van der Waals surface area contributed by atoms with Crippen LogP contribution in [0.3, 0.4) is 0 Å². The lowest BCUT2D eigenvalue weighted by Crippen LogP contribution is -2.35. The lowest BCUT2D eigenvalue weighted by atomic mass is 10.1. The fourth-order valence-corrected chi connectivity index (χ4v) is 1.57. The summed E-state index contributed by atoms with van der Waals surface area (Å²) in [6, 6.07) is 5.55. The molecule has 4 N–H and O–H groups in total.